The number of aryl methyl sites for hydroxylation is 1. The van der Waals surface area contributed by atoms with Crippen LogP contribution in [0.3, 0.4) is 0 Å². The maximum absolute atomic E-state index is 15.5. The van der Waals surface area contributed by atoms with Gasteiger partial charge in [0.15, 0.2) is 5.82 Å². The van der Waals surface area contributed by atoms with Gasteiger partial charge in [0.2, 0.25) is 11.8 Å². The van der Waals surface area contributed by atoms with Crippen LogP contribution in [-0.2, 0) is 4.79 Å². The monoisotopic (exact) mass is 628 g/mol. The molecule has 228 valence electrons. The molecule has 3 amide bonds. The van der Waals surface area contributed by atoms with Gasteiger partial charge in [0.25, 0.3) is 0 Å². The summed E-state index contributed by atoms with van der Waals surface area (Å²) in [7, 11) is 0. The number of fused-ring (bicyclic) bond motifs is 1. The minimum absolute atomic E-state index is 0.126. The molecule has 1 fully saturated rings. The highest BCUT2D eigenvalue weighted by molar-refractivity contribution is 6.33. The van der Waals surface area contributed by atoms with Gasteiger partial charge in [-0.3, -0.25) is 14.2 Å². The first-order valence-electron chi connectivity index (χ1n) is 14.1. The lowest BCUT2D eigenvalue weighted by Crippen LogP contribution is -2.45. The van der Waals surface area contributed by atoms with Crippen molar-refractivity contribution < 1.29 is 23.2 Å². The first kappa shape index (κ1) is 29.9. The summed E-state index contributed by atoms with van der Waals surface area (Å²) in [5, 5.41) is 6.16. The molecule has 0 saturated carbocycles. The zero-order chi connectivity index (χ0) is 31.8. The van der Waals surface area contributed by atoms with Crippen molar-refractivity contribution in [2.75, 3.05) is 17.2 Å². The number of nitrogens with zero attached hydrogens (tertiary/aromatic N) is 4. The third-order valence-electron chi connectivity index (χ3n) is 7.73. The third kappa shape index (κ3) is 5.86. The Morgan fingerprint density at radius 3 is 2.40 bits per heavy atom. The Kier molecular flexibility index (Phi) is 8.03. The van der Waals surface area contributed by atoms with Crippen LogP contribution in [0, 0.1) is 12.7 Å². The molecule has 45 heavy (non-hydrogen) atoms. The molecule has 1 saturated heterocycles. The average molecular weight is 629 g/mol. The molecule has 1 aliphatic heterocycles. The first-order valence-corrected chi connectivity index (χ1v) is 14.5. The lowest BCUT2D eigenvalue weighted by Gasteiger charge is -2.24. The van der Waals surface area contributed by atoms with Crippen molar-refractivity contribution in [3.8, 4) is 22.3 Å². The summed E-state index contributed by atoms with van der Waals surface area (Å²) in [6, 6.07) is 14.6. The number of amides is 3. The number of hydrogen-bond donors (Lipinski definition) is 2. The van der Waals surface area contributed by atoms with Crippen molar-refractivity contribution in [1.29, 1.82) is 0 Å². The molecule has 12 heteroatoms. The van der Waals surface area contributed by atoms with Crippen molar-refractivity contribution in [2.24, 2.45) is 0 Å². The number of carbonyl (C=O) groups is 3. The van der Waals surface area contributed by atoms with E-state index in [1.54, 1.807) is 61.8 Å². The number of rotatable bonds is 5. The Balaban J connectivity index is 1.25. The number of halogens is 3. The molecule has 6 rings (SSSR count). The molecule has 2 aromatic heterocycles. The highest BCUT2D eigenvalue weighted by Crippen LogP contribution is 2.34. The molecule has 0 unspecified atom stereocenters. The van der Waals surface area contributed by atoms with Gasteiger partial charge in [0, 0.05) is 59.0 Å². The van der Waals surface area contributed by atoms with Crippen LogP contribution in [0.2, 0.25) is 5.02 Å². The standard InChI is InChI=1S/C33H27ClF2N6O3/c1-18-37-14-21(15-38-18)20-10-11-25-28(17-41(19(2)43)29(25)12-20)40-33(45)42-16-22(35)13-30(42)32(44)39-27-9-5-7-24(31(27)36)23-6-3-4-8-26(23)34/h3-12,14-15,17,22,30H,13,16H2,1-2H3,(H,39,44)(H,40,45)/t22-,30+/m1/s1. The largest absolute Gasteiger partial charge is 0.322 e. The fraction of sp³-hybridized carbons (Fsp3) is 0.182. The lowest BCUT2D eigenvalue weighted by atomic mass is 10.0. The van der Waals surface area contributed by atoms with Crippen LogP contribution in [0.1, 0.15) is 24.0 Å². The zero-order valence-electron chi connectivity index (χ0n) is 24.2. The smallest absolute Gasteiger partial charge is 0.322 e. The van der Waals surface area contributed by atoms with E-state index in [0.29, 0.717) is 33.0 Å². The van der Waals surface area contributed by atoms with Gasteiger partial charge in [-0.05, 0) is 30.7 Å². The molecule has 3 heterocycles. The molecule has 0 spiro atoms. The Morgan fingerprint density at radius 1 is 0.933 bits per heavy atom. The molecule has 3 aromatic carbocycles. The molecule has 9 nitrogen and oxygen atoms in total. The van der Waals surface area contributed by atoms with Gasteiger partial charge in [-0.15, -0.1) is 0 Å². The summed E-state index contributed by atoms with van der Waals surface area (Å²) in [5.74, 6) is -1.12. The molecule has 2 atom stereocenters. The highest BCUT2D eigenvalue weighted by atomic mass is 35.5. The Bertz CT molecular complexity index is 1960. The van der Waals surface area contributed by atoms with E-state index in [1.165, 1.54) is 29.8 Å². The van der Waals surface area contributed by atoms with E-state index >= 15 is 4.39 Å². The van der Waals surface area contributed by atoms with Crippen molar-refractivity contribution in [3.05, 3.63) is 95.9 Å². The minimum Gasteiger partial charge on any atom is -0.322 e. The fourth-order valence-corrected chi connectivity index (χ4v) is 5.72. The van der Waals surface area contributed by atoms with Gasteiger partial charge >= 0.3 is 6.03 Å². The Morgan fingerprint density at radius 2 is 1.67 bits per heavy atom. The van der Waals surface area contributed by atoms with Crippen molar-refractivity contribution in [1.82, 2.24) is 19.4 Å². The van der Waals surface area contributed by atoms with Crippen molar-refractivity contribution >= 4 is 51.7 Å². The molecular weight excluding hydrogens is 602 g/mol. The topological polar surface area (TPSA) is 109 Å². The van der Waals surface area contributed by atoms with Gasteiger partial charge in [-0.2, -0.15) is 0 Å². The van der Waals surface area contributed by atoms with Crippen LogP contribution < -0.4 is 10.6 Å². The number of alkyl halides is 1. The van der Waals surface area contributed by atoms with E-state index in [0.717, 1.165) is 16.0 Å². The molecular formula is C33H27ClF2N6O3. The van der Waals surface area contributed by atoms with E-state index in [9.17, 15) is 18.8 Å². The van der Waals surface area contributed by atoms with Crippen LogP contribution in [0.4, 0.5) is 25.0 Å². The van der Waals surface area contributed by atoms with Crippen molar-refractivity contribution in [3.63, 3.8) is 0 Å². The summed E-state index contributed by atoms with van der Waals surface area (Å²) in [6.45, 7) is 2.83. The van der Waals surface area contributed by atoms with E-state index in [4.69, 9.17) is 11.6 Å². The van der Waals surface area contributed by atoms with Crippen LogP contribution in [0.5, 0.6) is 0 Å². The van der Waals surface area contributed by atoms with Crippen molar-refractivity contribution in [2.45, 2.75) is 32.5 Å². The molecule has 5 aromatic rings. The second-order valence-electron chi connectivity index (χ2n) is 10.8. The van der Waals surface area contributed by atoms with Gasteiger partial charge in [-0.1, -0.05) is 54.1 Å². The summed E-state index contributed by atoms with van der Waals surface area (Å²) >= 11 is 6.25. The average Bonchev–Trinajstić information content (AvgIpc) is 3.59. The number of nitrogens with one attached hydrogen (secondary N) is 2. The Labute approximate surface area is 261 Å². The Hall–Kier alpha value is -5.16. The molecule has 1 aliphatic rings. The third-order valence-corrected chi connectivity index (χ3v) is 8.06. The molecule has 0 bridgehead atoms. The van der Waals surface area contributed by atoms with Gasteiger partial charge in [-0.25, -0.2) is 23.5 Å². The number of carbonyl (C=O) groups excluding carboxylic acids is 3. The fourth-order valence-electron chi connectivity index (χ4n) is 5.49. The number of anilines is 2. The maximum Gasteiger partial charge on any atom is 0.322 e. The lowest BCUT2D eigenvalue weighted by molar-refractivity contribution is -0.119. The summed E-state index contributed by atoms with van der Waals surface area (Å²) in [6.07, 6.45) is 3.11. The molecule has 0 aliphatic carbocycles. The molecule has 2 N–H and O–H groups in total. The first-order chi connectivity index (χ1) is 21.6. The van der Waals surface area contributed by atoms with E-state index in [1.807, 2.05) is 6.07 Å². The zero-order valence-corrected chi connectivity index (χ0v) is 25.0. The van der Waals surface area contributed by atoms with Gasteiger partial charge in [0.05, 0.1) is 23.4 Å². The minimum atomic E-state index is -1.47. The maximum atomic E-state index is 15.5. The summed E-state index contributed by atoms with van der Waals surface area (Å²) < 4.78 is 31.6. The number of benzene rings is 3. The predicted molar refractivity (Wildman–Crippen MR) is 169 cm³/mol. The SMILES string of the molecule is CC(=O)n1cc(NC(=O)N2C[C@H](F)C[C@H]2C(=O)Nc2cccc(-c3ccccc3Cl)c2F)c2ccc(-c3cnc(C)nc3)cc21. The quantitative estimate of drug-likeness (QED) is 0.216. The van der Waals surface area contributed by atoms with E-state index in [2.05, 4.69) is 20.6 Å². The van der Waals surface area contributed by atoms with E-state index in [-0.39, 0.29) is 30.1 Å². The number of hydrogen-bond acceptors (Lipinski definition) is 5. The number of urea groups is 1. The highest BCUT2D eigenvalue weighted by Gasteiger charge is 2.40. The second-order valence-corrected chi connectivity index (χ2v) is 11.2. The van der Waals surface area contributed by atoms with Crippen LogP contribution in [0.25, 0.3) is 33.2 Å². The van der Waals surface area contributed by atoms with Crippen LogP contribution in [-0.4, -0.2) is 56.0 Å². The van der Waals surface area contributed by atoms with Crippen LogP contribution >= 0.6 is 11.6 Å². The summed E-state index contributed by atoms with van der Waals surface area (Å²) in [4.78, 5) is 48.9. The number of likely N-dealkylation sites (tertiary alicyclic amines) is 1. The van der Waals surface area contributed by atoms with E-state index < -0.39 is 30.0 Å². The summed E-state index contributed by atoms with van der Waals surface area (Å²) in [5.41, 5.74) is 2.85. The normalized spacial score (nSPS) is 16.2. The predicted octanol–water partition coefficient (Wildman–Crippen LogP) is 7.11. The number of aromatic nitrogens is 3. The van der Waals surface area contributed by atoms with Gasteiger partial charge < -0.3 is 15.5 Å². The molecule has 0 radical (unpaired) electrons. The second kappa shape index (κ2) is 12.1. The van der Waals surface area contributed by atoms with Crippen LogP contribution in [0.15, 0.2) is 79.3 Å². The van der Waals surface area contributed by atoms with Gasteiger partial charge in [0.1, 0.15) is 18.0 Å².